The lowest BCUT2D eigenvalue weighted by atomic mass is 9.84. The van der Waals surface area contributed by atoms with E-state index in [1.54, 1.807) is 17.0 Å². The Bertz CT molecular complexity index is 565. The molecule has 2 aliphatic heterocycles. The number of carbonyl (C=O) groups is 1. The van der Waals surface area contributed by atoms with Crippen molar-refractivity contribution in [1.29, 1.82) is 0 Å². The molecule has 2 aliphatic rings. The van der Waals surface area contributed by atoms with Crippen LogP contribution in [0.2, 0.25) is 5.02 Å². The SMILES string of the molecule is O=C(NCCC1CCCCO1)N1CCC(O)(c2ccc(Cl)cc2)CC1. The monoisotopic (exact) mass is 366 g/mol. The number of nitrogens with zero attached hydrogens (tertiary/aromatic N) is 1. The van der Waals surface area contributed by atoms with Gasteiger partial charge in [-0.1, -0.05) is 23.7 Å². The van der Waals surface area contributed by atoms with Crippen molar-refractivity contribution in [3.05, 3.63) is 34.9 Å². The molecule has 0 aromatic heterocycles. The smallest absolute Gasteiger partial charge is 0.317 e. The van der Waals surface area contributed by atoms with Gasteiger partial charge in [0, 0.05) is 31.3 Å². The topological polar surface area (TPSA) is 61.8 Å². The minimum absolute atomic E-state index is 0.0473. The van der Waals surface area contributed by atoms with Crippen LogP contribution in [0.1, 0.15) is 44.1 Å². The van der Waals surface area contributed by atoms with Gasteiger partial charge in [0.15, 0.2) is 0 Å². The molecule has 2 N–H and O–H groups in total. The third-order valence-corrected chi connectivity index (χ3v) is 5.53. The second-order valence-electron chi connectivity index (χ2n) is 7.03. The van der Waals surface area contributed by atoms with Crippen LogP contribution in [0.25, 0.3) is 0 Å². The van der Waals surface area contributed by atoms with Gasteiger partial charge in [0.05, 0.1) is 11.7 Å². The van der Waals surface area contributed by atoms with Crippen molar-refractivity contribution >= 4 is 17.6 Å². The number of piperidine rings is 1. The zero-order valence-corrected chi connectivity index (χ0v) is 15.3. The number of ether oxygens (including phenoxy) is 1. The molecule has 0 spiro atoms. The molecule has 1 atom stereocenters. The molecule has 25 heavy (non-hydrogen) atoms. The lowest BCUT2D eigenvalue weighted by Crippen LogP contribution is -2.49. The molecule has 138 valence electrons. The summed E-state index contributed by atoms with van der Waals surface area (Å²) in [6, 6.07) is 7.27. The van der Waals surface area contributed by atoms with Gasteiger partial charge in [-0.2, -0.15) is 0 Å². The summed E-state index contributed by atoms with van der Waals surface area (Å²) >= 11 is 5.91. The summed E-state index contributed by atoms with van der Waals surface area (Å²) in [5.74, 6) is 0. The van der Waals surface area contributed by atoms with E-state index in [0.29, 0.717) is 37.5 Å². The van der Waals surface area contributed by atoms with Crippen LogP contribution in [0.4, 0.5) is 4.79 Å². The summed E-state index contributed by atoms with van der Waals surface area (Å²) in [5, 5.41) is 14.5. The number of benzene rings is 1. The number of likely N-dealkylation sites (tertiary alicyclic amines) is 1. The van der Waals surface area contributed by atoms with Crippen molar-refractivity contribution in [2.75, 3.05) is 26.2 Å². The van der Waals surface area contributed by atoms with Gasteiger partial charge in [-0.3, -0.25) is 0 Å². The number of amides is 2. The summed E-state index contributed by atoms with van der Waals surface area (Å²) in [6.45, 7) is 2.57. The van der Waals surface area contributed by atoms with Gasteiger partial charge in [-0.05, 0) is 56.2 Å². The highest BCUT2D eigenvalue weighted by Crippen LogP contribution is 2.33. The maximum atomic E-state index is 12.3. The molecule has 0 aliphatic carbocycles. The van der Waals surface area contributed by atoms with Crippen molar-refractivity contribution in [2.24, 2.45) is 0 Å². The summed E-state index contributed by atoms with van der Waals surface area (Å²) < 4.78 is 5.68. The van der Waals surface area contributed by atoms with E-state index in [2.05, 4.69) is 5.32 Å². The molecule has 2 saturated heterocycles. The number of nitrogens with one attached hydrogen (secondary N) is 1. The Labute approximate surface area is 154 Å². The molecule has 0 saturated carbocycles. The fourth-order valence-electron chi connectivity index (χ4n) is 3.62. The molecule has 3 rings (SSSR count). The number of hydrogen-bond acceptors (Lipinski definition) is 3. The normalized spacial score (nSPS) is 23.3. The minimum atomic E-state index is -0.878. The molecular weight excluding hydrogens is 340 g/mol. The van der Waals surface area contributed by atoms with E-state index in [9.17, 15) is 9.90 Å². The third-order valence-electron chi connectivity index (χ3n) is 5.28. The van der Waals surface area contributed by atoms with Gasteiger partial charge in [-0.15, -0.1) is 0 Å². The Hall–Kier alpha value is -1.30. The molecule has 1 aromatic carbocycles. The van der Waals surface area contributed by atoms with Crippen molar-refractivity contribution < 1.29 is 14.6 Å². The molecule has 1 unspecified atom stereocenters. The first-order chi connectivity index (χ1) is 12.1. The van der Waals surface area contributed by atoms with Crippen LogP contribution < -0.4 is 5.32 Å². The van der Waals surface area contributed by atoms with E-state index in [4.69, 9.17) is 16.3 Å². The fraction of sp³-hybridized carbons (Fsp3) is 0.632. The van der Waals surface area contributed by atoms with E-state index < -0.39 is 5.60 Å². The van der Waals surface area contributed by atoms with Crippen molar-refractivity contribution in [3.8, 4) is 0 Å². The third kappa shape index (κ3) is 4.87. The molecule has 1 aromatic rings. The fourth-order valence-corrected chi connectivity index (χ4v) is 3.74. The highest BCUT2D eigenvalue weighted by molar-refractivity contribution is 6.30. The Morgan fingerprint density at radius 2 is 2.00 bits per heavy atom. The summed E-state index contributed by atoms with van der Waals surface area (Å²) in [7, 11) is 0. The van der Waals surface area contributed by atoms with Crippen molar-refractivity contribution in [1.82, 2.24) is 10.2 Å². The van der Waals surface area contributed by atoms with Crippen molar-refractivity contribution in [3.63, 3.8) is 0 Å². The van der Waals surface area contributed by atoms with Gasteiger partial charge >= 0.3 is 6.03 Å². The zero-order chi connectivity index (χ0) is 17.7. The van der Waals surface area contributed by atoms with E-state index in [0.717, 1.165) is 31.4 Å². The standard InChI is InChI=1S/C19H27ClN2O3/c20-16-6-4-15(5-7-16)19(24)9-12-22(13-10-19)18(23)21-11-8-17-3-1-2-14-25-17/h4-7,17,24H,1-3,8-14H2,(H,21,23). The first kappa shape index (κ1) is 18.5. The summed E-state index contributed by atoms with van der Waals surface area (Å²) in [4.78, 5) is 14.1. The molecule has 5 nitrogen and oxygen atoms in total. The molecule has 2 heterocycles. The number of hydrogen-bond donors (Lipinski definition) is 2. The van der Waals surface area contributed by atoms with Crippen LogP contribution in [0.5, 0.6) is 0 Å². The average molecular weight is 367 g/mol. The molecule has 2 fully saturated rings. The van der Waals surface area contributed by atoms with Gasteiger partial charge in [0.25, 0.3) is 0 Å². The molecule has 0 bridgehead atoms. The lowest BCUT2D eigenvalue weighted by molar-refractivity contribution is -0.0170. The second kappa shape index (κ2) is 8.39. The Morgan fingerprint density at radius 3 is 2.64 bits per heavy atom. The minimum Gasteiger partial charge on any atom is -0.385 e. The number of carbonyl (C=O) groups excluding carboxylic acids is 1. The molecule has 6 heteroatoms. The Morgan fingerprint density at radius 1 is 1.28 bits per heavy atom. The second-order valence-corrected chi connectivity index (χ2v) is 7.47. The van der Waals surface area contributed by atoms with Crippen molar-refractivity contribution in [2.45, 2.75) is 50.2 Å². The maximum absolute atomic E-state index is 12.3. The van der Waals surface area contributed by atoms with Crippen LogP contribution in [-0.2, 0) is 10.3 Å². The van der Waals surface area contributed by atoms with E-state index in [1.165, 1.54) is 6.42 Å². The number of urea groups is 1. The maximum Gasteiger partial charge on any atom is 0.317 e. The van der Waals surface area contributed by atoms with Gasteiger partial charge in [-0.25, -0.2) is 4.79 Å². The van der Waals surface area contributed by atoms with Crippen LogP contribution >= 0.6 is 11.6 Å². The highest BCUT2D eigenvalue weighted by Gasteiger charge is 2.35. The quantitative estimate of drug-likeness (QED) is 0.859. The van der Waals surface area contributed by atoms with E-state index >= 15 is 0 Å². The van der Waals surface area contributed by atoms with Gasteiger partial charge in [0.1, 0.15) is 0 Å². The average Bonchev–Trinajstić information content (AvgIpc) is 2.63. The van der Waals surface area contributed by atoms with E-state index in [-0.39, 0.29) is 12.1 Å². The molecule has 2 amide bonds. The molecule has 0 radical (unpaired) electrons. The predicted octanol–water partition coefficient (Wildman–Crippen LogP) is 3.29. The first-order valence-corrected chi connectivity index (χ1v) is 9.57. The highest BCUT2D eigenvalue weighted by atomic mass is 35.5. The van der Waals surface area contributed by atoms with Crippen LogP contribution in [0.3, 0.4) is 0 Å². The zero-order valence-electron chi connectivity index (χ0n) is 14.5. The van der Waals surface area contributed by atoms with Crippen LogP contribution in [-0.4, -0.2) is 48.4 Å². The largest absolute Gasteiger partial charge is 0.385 e. The lowest BCUT2D eigenvalue weighted by Gasteiger charge is -2.38. The van der Waals surface area contributed by atoms with E-state index in [1.807, 2.05) is 12.1 Å². The number of aliphatic hydroxyl groups is 1. The van der Waals surface area contributed by atoms with Crippen LogP contribution in [0.15, 0.2) is 24.3 Å². The number of rotatable bonds is 4. The van der Waals surface area contributed by atoms with Gasteiger partial charge in [0.2, 0.25) is 0 Å². The Kier molecular flexibility index (Phi) is 6.20. The Balaban J connectivity index is 1.43. The van der Waals surface area contributed by atoms with Gasteiger partial charge < -0.3 is 20.1 Å². The number of halogens is 1. The summed E-state index contributed by atoms with van der Waals surface area (Å²) in [5.41, 5.74) is -0.0106. The molecular formula is C19H27ClN2O3. The summed E-state index contributed by atoms with van der Waals surface area (Å²) in [6.07, 6.45) is 5.68. The predicted molar refractivity (Wildman–Crippen MR) is 97.8 cm³/mol. The first-order valence-electron chi connectivity index (χ1n) is 9.20. The van der Waals surface area contributed by atoms with Crippen LogP contribution in [0, 0.1) is 0 Å².